The van der Waals surface area contributed by atoms with Crippen molar-refractivity contribution in [3.8, 4) is 0 Å². The second-order valence-corrected chi connectivity index (χ2v) is 4.98. The lowest BCUT2D eigenvalue weighted by atomic mass is 9.93. The number of hydrogen-bond acceptors (Lipinski definition) is 1. The Bertz CT molecular complexity index is 493. The monoisotopic (exact) mass is 283 g/mol. The standard InChI is InChI=1S/C15H16F3NO/c1-2-14(20)19-13-5-3-4-12(13)10-6-8-11(9-7-10)15(16,17)18/h2,6-9,12-13H,1,3-5H2,(H,19,20). The number of nitrogens with one attached hydrogen (secondary N) is 1. The number of halogens is 3. The van der Waals surface area contributed by atoms with Crippen LogP contribution in [0.2, 0.25) is 0 Å². The van der Waals surface area contributed by atoms with E-state index in [-0.39, 0.29) is 17.9 Å². The molecule has 2 atom stereocenters. The third-order valence-corrected chi connectivity index (χ3v) is 3.70. The molecule has 1 saturated carbocycles. The first-order valence-corrected chi connectivity index (χ1v) is 6.52. The van der Waals surface area contributed by atoms with E-state index in [9.17, 15) is 18.0 Å². The van der Waals surface area contributed by atoms with Crippen LogP contribution >= 0.6 is 0 Å². The Kier molecular flexibility index (Phi) is 4.16. The Morgan fingerprint density at radius 1 is 1.25 bits per heavy atom. The molecule has 1 N–H and O–H groups in total. The first-order chi connectivity index (χ1) is 9.41. The SMILES string of the molecule is C=CC(=O)NC1CCCC1c1ccc(C(F)(F)F)cc1. The Labute approximate surface area is 115 Å². The van der Waals surface area contributed by atoms with Crippen molar-refractivity contribution in [1.29, 1.82) is 0 Å². The fourth-order valence-corrected chi connectivity index (χ4v) is 2.69. The highest BCUT2D eigenvalue weighted by atomic mass is 19.4. The van der Waals surface area contributed by atoms with Gasteiger partial charge in [0.2, 0.25) is 5.91 Å². The molecule has 0 aromatic heterocycles. The summed E-state index contributed by atoms with van der Waals surface area (Å²) in [5.41, 5.74) is 0.191. The summed E-state index contributed by atoms with van der Waals surface area (Å²) in [7, 11) is 0. The number of benzene rings is 1. The first-order valence-electron chi connectivity index (χ1n) is 6.52. The normalized spacial score (nSPS) is 22.6. The molecule has 1 aromatic rings. The van der Waals surface area contributed by atoms with Crippen molar-refractivity contribution in [1.82, 2.24) is 5.32 Å². The molecule has 0 radical (unpaired) electrons. The van der Waals surface area contributed by atoms with Crippen molar-refractivity contribution in [3.63, 3.8) is 0 Å². The van der Waals surface area contributed by atoms with E-state index in [1.807, 2.05) is 0 Å². The van der Waals surface area contributed by atoms with Crippen molar-refractivity contribution < 1.29 is 18.0 Å². The summed E-state index contributed by atoms with van der Waals surface area (Å²) in [5, 5.41) is 2.84. The molecule has 5 heteroatoms. The van der Waals surface area contributed by atoms with E-state index in [4.69, 9.17) is 0 Å². The van der Waals surface area contributed by atoms with Crippen LogP contribution in [0.4, 0.5) is 13.2 Å². The van der Waals surface area contributed by atoms with E-state index in [0.717, 1.165) is 37.0 Å². The Morgan fingerprint density at radius 2 is 1.90 bits per heavy atom. The summed E-state index contributed by atoms with van der Waals surface area (Å²) >= 11 is 0. The lowest BCUT2D eigenvalue weighted by Gasteiger charge is -2.21. The minimum absolute atomic E-state index is 0.0303. The van der Waals surface area contributed by atoms with Crippen LogP contribution in [-0.2, 0) is 11.0 Å². The van der Waals surface area contributed by atoms with E-state index in [2.05, 4.69) is 11.9 Å². The molecule has 1 aliphatic carbocycles. The Morgan fingerprint density at radius 3 is 2.45 bits per heavy atom. The first kappa shape index (κ1) is 14.6. The third kappa shape index (κ3) is 3.21. The number of alkyl halides is 3. The van der Waals surface area contributed by atoms with Gasteiger partial charge < -0.3 is 5.32 Å². The summed E-state index contributed by atoms with van der Waals surface area (Å²) < 4.78 is 37.6. The van der Waals surface area contributed by atoms with E-state index in [1.54, 1.807) is 0 Å². The lowest BCUT2D eigenvalue weighted by Crippen LogP contribution is -2.35. The van der Waals surface area contributed by atoms with Gasteiger partial charge in [0.05, 0.1) is 5.56 Å². The van der Waals surface area contributed by atoms with Gasteiger partial charge in [-0.05, 0) is 36.6 Å². The molecule has 1 aromatic carbocycles. The average Bonchev–Trinajstić information content (AvgIpc) is 2.86. The van der Waals surface area contributed by atoms with Gasteiger partial charge in [-0.25, -0.2) is 0 Å². The lowest BCUT2D eigenvalue weighted by molar-refractivity contribution is -0.137. The molecule has 20 heavy (non-hydrogen) atoms. The molecule has 0 bridgehead atoms. The van der Waals surface area contributed by atoms with Crippen LogP contribution in [0.5, 0.6) is 0 Å². The molecule has 1 aliphatic rings. The topological polar surface area (TPSA) is 29.1 Å². The van der Waals surface area contributed by atoms with Gasteiger partial charge in [0, 0.05) is 12.0 Å². The molecular weight excluding hydrogens is 267 g/mol. The van der Waals surface area contributed by atoms with E-state index >= 15 is 0 Å². The zero-order valence-corrected chi connectivity index (χ0v) is 10.9. The largest absolute Gasteiger partial charge is 0.416 e. The van der Waals surface area contributed by atoms with Gasteiger partial charge in [-0.2, -0.15) is 13.2 Å². The minimum atomic E-state index is -4.31. The summed E-state index contributed by atoms with van der Waals surface area (Å²) in [4.78, 5) is 11.4. The summed E-state index contributed by atoms with van der Waals surface area (Å²) in [6, 6.07) is 5.18. The van der Waals surface area contributed by atoms with Crippen molar-refractivity contribution >= 4 is 5.91 Å². The van der Waals surface area contributed by atoms with Gasteiger partial charge in [0.25, 0.3) is 0 Å². The Balaban J connectivity index is 2.14. The minimum Gasteiger partial charge on any atom is -0.349 e. The molecular formula is C15H16F3NO. The summed E-state index contributed by atoms with van der Waals surface area (Å²) in [6.45, 7) is 3.40. The molecule has 0 saturated heterocycles. The van der Waals surface area contributed by atoms with Crippen LogP contribution in [0.1, 0.15) is 36.3 Å². The van der Waals surface area contributed by atoms with Gasteiger partial charge in [0.15, 0.2) is 0 Å². The average molecular weight is 283 g/mol. The predicted molar refractivity (Wildman–Crippen MR) is 70.2 cm³/mol. The highest BCUT2D eigenvalue weighted by Gasteiger charge is 2.32. The van der Waals surface area contributed by atoms with E-state index < -0.39 is 11.7 Å². The number of carbonyl (C=O) groups excluding carboxylic acids is 1. The maximum absolute atomic E-state index is 12.5. The molecule has 1 fully saturated rings. The number of carbonyl (C=O) groups is 1. The quantitative estimate of drug-likeness (QED) is 0.843. The van der Waals surface area contributed by atoms with Crippen LogP contribution in [-0.4, -0.2) is 11.9 Å². The fraction of sp³-hybridized carbons (Fsp3) is 0.400. The third-order valence-electron chi connectivity index (χ3n) is 3.70. The second-order valence-electron chi connectivity index (χ2n) is 4.98. The van der Waals surface area contributed by atoms with Crippen LogP contribution in [0.3, 0.4) is 0 Å². The molecule has 0 heterocycles. The smallest absolute Gasteiger partial charge is 0.349 e. The van der Waals surface area contributed by atoms with Crippen LogP contribution in [0.15, 0.2) is 36.9 Å². The maximum Gasteiger partial charge on any atom is 0.416 e. The van der Waals surface area contributed by atoms with Crippen LogP contribution < -0.4 is 5.32 Å². The Hall–Kier alpha value is -1.78. The molecule has 2 nitrogen and oxygen atoms in total. The van der Waals surface area contributed by atoms with Gasteiger partial charge >= 0.3 is 6.18 Å². The summed E-state index contributed by atoms with van der Waals surface area (Å²) in [5.74, 6) is -0.171. The van der Waals surface area contributed by atoms with Gasteiger partial charge in [-0.1, -0.05) is 25.1 Å². The molecule has 1 amide bonds. The predicted octanol–water partition coefficient (Wildman–Crippen LogP) is 3.64. The zero-order valence-electron chi connectivity index (χ0n) is 10.9. The van der Waals surface area contributed by atoms with Crippen LogP contribution in [0, 0.1) is 0 Å². The second kappa shape index (κ2) is 5.69. The zero-order chi connectivity index (χ0) is 14.8. The fourth-order valence-electron chi connectivity index (χ4n) is 2.69. The van der Waals surface area contributed by atoms with Crippen molar-refractivity contribution in [2.24, 2.45) is 0 Å². The number of rotatable bonds is 3. The highest BCUT2D eigenvalue weighted by molar-refractivity contribution is 5.87. The van der Waals surface area contributed by atoms with E-state index in [0.29, 0.717) is 0 Å². The van der Waals surface area contributed by atoms with Crippen molar-refractivity contribution in [2.45, 2.75) is 37.4 Å². The van der Waals surface area contributed by atoms with Crippen molar-refractivity contribution in [3.05, 3.63) is 48.0 Å². The van der Waals surface area contributed by atoms with Gasteiger partial charge in [-0.15, -0.1) is 0 Å². The highest BCUT2D eigenvalue weighted by Crippen LogP contribution is 2.36. The molecule has 0 aliphatic heterocycles. The molecule has 108 valence electrons. The van der Waals surface area contributed by atoms with Gasteiger partial charge in [0.1, 0.15) is 0 Å². The maximum atomic E-state index is 12.5. The van der Waals surface area contributed by atoms with Crippen molar-refractivity contribution in [2.75, 3.05) is 0 Å². The number of amides is 1. The van der Waals surface area contributed by atoms with Gasteiger partial charge in [-0.3, -0.25) is 4.79 Å². The molecule has 0 spiro atoms. The molecule has 2 unspecified atom stereocenters. The molecule has 2 rings (SSSR count). The number of hydrogen-bond donors (Lipinski definition) is 1. The van der Waals surface area contributed by atoms with E-state index in [1.165, 1.54) is 18.2 Å². The van der Waals surface area contributed by atoms with Crippen LogP contribution in [0.25, 0.3) is 0 Å². The summed E-state index contributed by atoms with van der Waals surface area (Å²) in [6.07, 6.45) is -0.445.